The molecule has 2 unspecified atom stereocenters. The molecule has 1 aromatic rings. The maximum Gasteiger partial charge on any atom is 0.205 e. The first kappa shape index (κ1) is 10.8. The second-order valence-electron chi connectivity index (χ2n) is 4.08. The Balaban J connectivity index is 2.01. The minimum Gasteiger partial charge on any atom is -0.393 e. The van der Waals surface area contributed by atoms with Crippen LogP contribution in [0.2, 0.25) is 0 Å². The number of aromatic nitrogens is 2. The number of hydrogen-bond donors (Lipinski definition) is 1. The van der Waals surface area contributed by atoms with Gasteiger partial charge in [0, 0.05) is 37.0 Å². The zero-order valence-corrected chi connectivity index (χ0v) is 10.00. The highest BCUT2D eigenvalue weighted by atomic mass is 32.1. The summed E-state index contributed by atoms with van der Waals surface area (Å²) >= 11 is 1.47. The second kappa shape index (κ2) is 4.45. The first-order chi connectivity index (χ1) is 7.20. The Hall–Kier alpha value is -0.680. The van der Waals surface area contributed by atoms with Crippen LogP contribution in [-0.2, 0) is 6.42 Å². The number of anilines is 1. The first-order valence-electron chi connectivity index (χ1n) is 5.46. The molecule has 1 saturated heterocycles. The fourth-order valence-corrected chi connectivity index (χ4v) is 2.66. The van der Waals surface area contributed by atoms with E-state index in [1.807, 2.05) is 6.92 Å². The van der Waals surface area contributed by atoms with Crippen molar-refractivity contribution in [2.75, 3.05) is 18.0 Å². The Morgan fingerprint density at radius 1 is 1.67 bits per heavy atom. The van der Waals surface area contributed by atoms with Crippen LogP contribution in [0.25, 0.3) is 0 Å². The minimum atomic E-state index is -0.214. The van der Waals surface area contributed by atoms with E-state index in [1.54, 1.807) is 0 Å². The largest absolute Gasteiger partial charge is 0.393 e. The molecule has 1 aliphatic heterocycles. The van der Waals surface area contributed by atoms with Crippen LogP contribution in [0.15, 0.2) is 0 Å². The molecule has 0 radical (unpaired) electrons. The zero-order chi connectivity index (χ0) is 10.8. The summed E-state index contributed by atoms with van der Waals surface area (Å²) in [4.78, 5) is 6.69. The lowest BCUT2D eigenvalue weighted by Crippen LogP contribution is -2.23. The Bertz CT molecular complexity index is 326. The molecule has 0 spiro atoms. The molecule has 1 aromatic heterocycles. The number of aliphatic hydroxyl groups excluding tert-OH is 1. The molecule has 0 bridgehead atoms. The highest BCUT2D eigenvalue weighted by Crippen LogP contribution is 2.26. The zero-order valence-electron chi connectivity index (χ0n) is 9.18. The molecule has 0 aliphatic carbocycles. The lowest BCUT2D eigenvalue weighted by atomic mass is 10.0. The highest BCUT2D eigenvalue weighted by Gasteiger charge is 2.27. The van der Waals surface area contributed by atoms with E-state index in [2.05, 4.69) is 21.2 Å². The number of hydrogen-bond acceptors (Lipinski definition) is 5. The molecule has 0 amide bonds. The van der Waals surface area contributed by atoms with Crippen molar-refractivity contribution in [2.24, 2.45) is 5.92 Å². The summed E-state index contributed by atoms with van der Waals surface area (Å²) in [6, 6.07) is 0. The first-order valence-corrected chi connectivity index (χ1v) is 6.23. The summed E-state index contributed by atoms with van der Waals surface area (Å²) in [6.45, 7) is 5.84. The van der Waals surface area contributed by atoms with E-state index in [9.17, 15) is 5.11 Å². The van der Waals surface area contributed by atoms with Gasteiger partial charge >= 0.3 is 0 Å². The van der Waals surface area contributed by atoms with Crippen molar-refractivity contribution in [3.05, 3.63) is 5.82 Å². The van der Waals surface area contributed by atoms with Crippen LogP contribution >= 0.6 is 11.5 Å². The third kappa shape index (κ3) is 2.29. The molecular formula is C10H17N3OS. The van der Waals surface area contributed by atoms with Gasteiger partial charge in [-0.3, -0.25) is 0 Å². The average Bonchev–Trinajstić information content (AvgIpc) is 2.86. The van der Waals surface area contributed by atoms with E-state index < -0.39 is 0 Å². The fourth-order valence-electron chi connectivity index (χ4n) is 1.87. The van der Waals surface area contributed by atoms with E-state index in [4.69, 9.17) is 0 Å². The van der Waals surface area contributed by atoms with Crippen LogP contribution in [0, 0.1) is 5.92 Å². The number of rotatable bonds is 3. The van der Waals surface area contributed by atoms with Gasteiger partial charge in [-0.25, -0.2) is 4.98 Å². The van der Waals surface area contributed by atoms with Crippen molar-refractivity contribution in [2.45, 2.75) is 32.8 Å². The summed E-state index contributed by atoms with van der Waals surface area (Å²) in [5.41, 5.74) is 0. The predicted molar refractivity (Wildman–Crippen MR) is 61.3 cm³/mol. The van der Waals surface area contributed by atoms with Crippen molar-refractivity contribution >= 4 is 16.7 Å². The summed E-state index contributed by atoms with van der Waals surface area (Å²) in [6.07, 6.45) is 1.73. The number of aryl methyl sites for hydroxylation is 1. The van der Waals surface area contributed by atoms with Crippen LogP contribution in [0.3, 0.4) is 0 Å². The topological polar surface area (TPSA) is 49.2 Å². The van der Waals surface area contributed by atoms with E-state index in [0.29, 0.717) is 5.92 Å². The Labute approximate surface area is 94.1 Å². The molecule has 5 heteroatoms. The molecule has 1 aliphatic rings. The van der Waals surface area contributed by atoms with Gasteiger partial charge in [0.2, 0.25) is 5.13 Å². The lowest BCUT2D eigenvalue weighted by Gasteiger charge is -2.15. The summed E-state index contributed by atoms with van der Waals surface area (Å²) in [5.74, 6) is 1.31. The Morgan fingerprint density at radius 2 is 2.47 bits per heavy atom. The second-order valence-corrected chi connectivity index (χ2v) is 4.81. The van der Waals surface area contributed by atoms with Crippen LogP contribution in [0.4, 0.5) is 5.13 Å². The van der Waals surface area contributed by atoms with E-state index in [1.165, 1.54) is 11.5 Å². The van der Waals surface area contributed by atoms with E-state index in [-0.39, 0.29) is 6.10 Å². The van der Waals surface area contributed by atoms with Gasteiger partial charge in [0.05, 0.1) is 6.10 Å². The van der Waals surface area contributed by atoms with Crippen molar-refractivity contribution < 1.29 is 5.11 Å². The van der Waals surface area contributed by atoms with Gasteiger partial charge in [-0.2, -0.15) is 4.37 Å². The molecule has 84 valence electrons. The molecule has 2 heterocycles. The molecule has 15 heavy (non-hydrogen) atoms. The Morgan fingerprint density at radius 3 is 3.00 bits per heavy atom. The molecule has 1 N–H and O–H groups in total. The quantitative estimate of drug-likeness (QED) is 0.846. The molecule has 0 aromatic carbocycles. The summed E-state index contributed by atoms with van der Waals surface area (Å²) < 4.78 is 4.28. The SMILES string of the molecule is CCc1nsc(N2CCC(C(C)O)C2)n1. The average molecular weight is 227 g/mol. The maximum atomic E-state index is 9.51. The van der Waals surface area contributed by atoms with Crippen molar-refractivity contribution in [1.82, 2.24) is 9.36 Å². The monoisotopic (exact) mass is 227 g/mol. The Kier molecular flexibility index (Phi) is 3.21. The van der Waals surface area contributed by atoms with Gasteiger partial charge in [0.15, 0.2) is 0 Å². The summed E-state index contributed by atoms with van der Waals surface area (Å²) in [5, 5.41) is 10.5. The van der Waals surface area contributed by atoms with Crippen LogP contribution in [0.5, 0.6) is 0 Å². The van der Waals surface area contributed by atoms with E-state index >= 15 is 0 Å². The van der Waals surface area contributed by atoms with E-state index in [0.717, 1.165) is 36.9 Å². The molecule has 1 fully saturated rings. The van der Waals surface area contributed by atoms with Gasteiger partial charge in [-0.1, -0.05) is 6.92 Å². The summed E-state index contributed by atoms with van der Waals surface area (Å²) in [7, 11) is 0. The van der Waals surface area contributed by atoms with Crippen LogP contribution < -0.4 is 4.90 Å². The van der Waals surface area contributed by atoms with Gasteiger partial charge in [-0.15, -0.1) is 0 Å². The molecule has 2 rings (SSSR count). The third-order valence-electron chi connectivity index (χ3n) is 2.95. The van der Waals surface area contributed by atoms with Crippen molar-refractivity contribution in [3.63, 3.8) is 0 Å². The molecule has 2 atom stereocenters. The molecule has 4 nitrogen and oxygen atoms in total. The van der Waals surface area contributed by atoms with Crippen LogP contribution in [0.1, 0.15) is 26.1 Å². The van der Waals surface area contributed by atoms with Crippen molar-refractivity contribution in [1.29, 1.82) is 0 Å². The van der Waals surface area contributed by atoms with Gasteiger partial charge in [-0.05, 0) is 13.3 Å². The van der Waals surface area contributed by atoms with Crippen LogP contribution in [-0.4, -0.2) is 33.7 Å². The highest BCUT2D eigenvalue weighted by molar-refractivity contribution is 7.09. The van der Waals surface area contributed by atoms with Gasteiger partial charge in [0.25, 0.3) is 0 Å². The number of aliphatic hydroxyl groups is 1. The molecule has 0 saturated carbocycles. The predicted octanol–water partition coefficient (Wildman–Crippen LogP) is 1.31. The standard InChI is InChI=1S/C10H17N3OS/c1-3-9-11-10(15-12-9)13-5-4-8(6-13)7(2)14/h7-8,14H,3-6H2,1-2H3. The molecular weight excluding hydrogens is 210 g/mol. The third-order valence-corrected chi connectivity index (χ3v) is 3.77. The van der Waals surface area contributed by atoms with Gasteiger partial charge < -0.3 is 10.0 Å². The fraction of sp³-hybridized carbons (Fsp3) is 0.800. The van der Waals surface area contributed by atoms with Gasteiger partial charge in [0.1, 0.15) is 5.82 Å². The maximum absolute atomic E-state index is 9.51. The lowest BCUT2D eigenvalue weighted by molar-refractivity contribution is 0.136. The smallest absolute Gasteiger partial charge is 0.205 e. The van der Waals surface area contributed by atoms with Crippen molar-refractivity contribution in [3.8, 4) is 0 Å². The normalized spacial score (nSPS) is 23.4. The minimum absolute atomic E-state index is 0.214. The number of nitrogens with zero attached hydrogens (tertiary/aromatic N) is 3.